The molecular weight excluding hydrogens is 314 g/mol. The summed E-state index contributed by atoms with van der Waals surface area (Å²) in [4.78, 5) is 23.4. The summed E-state index contributed by atoms with van der Waals surface area (Å²) < 4.78 is 9.81. The summed E-state index contributed by atoms with van der Waals surface area (Å²) in [5.41, 5.74) is -0.505. The van der Waals surface area contributed by atoms with E-state index in [1.54, 1.807) is 26.2 Å². The van der Waals surface area contributed by atoms with Gasteiger partial charge in [0.25, 0.3) is 0 Å². The zero-order valence-electron chi connectivity index (χ0n) is 15.1. The van der Waals surface area contributed by atoms with Crippen LogP contribution in [0.25, 0.3) is 0 Å². The molecule has 0 atom stereocenters. The van der Waals surface area contributed by atoms with E-state index in [2.05, 4.69) is 17.0 Å². The quantitative estimate of drug-likeness (QED) is 0.355. The lowest BCUT2D eigenvalue weighted by molar-refractivity contribution is -0.136. The molecule has 0 rings (SSSR count). The van der Waals surface area contributed by atoms with Gasteiger partial charge in [0.05, 0.1) is 7.11 Å². The van der Waals surface area contributed by atoms with Gasteiger partial charge < -0.3 is 9.47 Å². The molecular formula is C17H31NO4S. The predicted octanol–water partition coefficient (Wildman–Crippen LogP) is 4.62. The number of amides is 1. The molecule has 0 aliphatic carbocycles. The predicted molar refractivity (Wildman–Crippen MR) is 95.3 cm³/mol. The van der Waals surface area contributed by atoms with Gasteiger partial charge in [0.15, 0.2) is 0 Å². The van der Waals surface area contributed by atoms with E-state index in [1.807, 2.05) is 0 Å². The molecule has 0 radical (unpaired) electrons. The van der Waals surface area contributed by atoms with Crippen molar-refractivity contribution in [2.75, 3.05) is 12.9 Å². The first-order valence-electron chi connectivity index (χ1n) is 8.20. The molecule has 0 bridgehead atoms. The maximum Gasteiger partial charge on any atom is 0.412 e. The first kappa shape index (κ1) is 21.8. The Morgan fingerprint density at radius 3 is 2.26 bits per heavy atom. The van der Waals surface area contributed by atoms with Gasteiger partial charge in [-0.15, -0.1) is 11.8 Å². The molecule has 6 heteroatoms. The number of hydrogen-bond acceptors (Lipinski definition) is 5. The van der Waals surface area contributed by atoms with Crippen LogP contribution >= 0.6 is 11.8 Å². The van der Waals surface area contributed by atoms with Crippen LogP contribution in [0.1, 0.15) is 66.2 Å². The highest BCUT2D eigenvalue weighted by Gasteiger charge is 2.19. The van der Waals surface area contributed by atoms with Crippen molar-refractivity contribution in [1.82, 2.24) is 5.32 Å². The average Bonchev–Trinajstić information content (AvgIpc) is 2.46. The van der Waals surface area contributed by atoms with Gasteiger partial charge in [-0.2, -0.15) is 0 Å². The van der Waals surface area contributed by atoms with Crippen LogP contribution in [0.5, 0.6) is 0 Å². The molecule has 0 heterocycles. The van der Waals surface area contributed by atoms with E-state index in [1.165, 1.54) is 51.0 Å². The standard InChI is InChI=1S/C17H31NO4S/c1-6-7-8-9-10-11-12-23-13-14(15(19)21-5)18-16(20)22-17(2,3)4/h13H,6-12H2,1-5H3,(H,18,20)/b14-13+. The second-order valence-corrected chi connectivity index (χ2v) is 7.27. The van der Waals surface area contributed by atoms with E-state index < -0.39 is 17.7 Å². The highest BCUT2D eigenvalue weighted by Crippen LogP contribution is 2.13. The van der Waals surface area contributed by atoms with Crippen LogP contribution in [0, 0.1) is 0 Å². The van der Waals surface area contributed by atoms with Crippen molar-refractivity contribution >= 4 is 23.8 Å². The van der Waals surface area contributed by atoms with E-state index in [-0.39, 0.29) is 5.70 Å². The van der Waals surface area contributed by atoms with Crippen LogP contribution in [-0.4, -0.2) is 30.5 Å². The van der Waals surface area contributed by atoms with E-state index in [4.69, 9.17) is 4.74 Å². The van der Waals surface area contributed by atoms with E-state index >= 15 is 0 Å². The van der Waals surface area contributed by atoms with E-state index in [0.717, 1.165) is 12.2 Å². The fraction of sp³-hybridized carbons (Fsp3) is 0.765. The van der Waals surface area contributed by atoms with Gasteiger partial charge in [0.1, 0.15) is 11.3 Å². The first-order valence-corrected chi connectivity index (χ1v) is 9.25. The summed E-state index contributed by atoms with van der Waals surface area (Å²) in [5, 5.41) is 4.07. The number of alkyl carbamates (subject to hydrolysis) is 1. The molecule has 0 unspecified atom stereocenters. The molecule has 0 aromatic carbocycles. The highest BCUT2D eigenvalue weighted by molar-refractivity contribution is 8.02. The van der Waals surface area contributed by atoms with Crippen molar-refractivity contribution in [3.05, 3.63) is 11.1 Å². The topological polar surface area (TPSA) is 64.6 Å². The van der Waals surface area contributed by atoms with Crippen LogP contribution in [0.2, 0.25) is 0 Å². The van der Waals surface area contributed by atoms with Crippen molar-refractivity contribution in [2.24, 2.45) is 0 Å². The van der Waals surface area contributed by atoms with E-state index in [9.17, 15) is 9.59 Å². The molecule has 5 nitrogen and oxygen atoms in total. The number of thioether (sulfide) groups is 1. The monoisotopic (exact) mass is 345 g/mol. The zero-order valence-corrected chi connectivity index (χ0v) is 15.9. The van der Waals surface area contributed by atoms with Crippen molar-refractivity contribution in [3.63, 3.8) is 0 Å². The molecule has 134 valence electrons. The van der Waals surface area contributed by atoms with Gasteiger partial charge in [0, 0.05) is 5.41 Å². The SMILES string of the molecule is CCCCCCCCS/C=C(/NC(=O)OC(C)(C)C)C(=O)OC. The summed E-state index contributed by atoms with van der Waals surface area (Å²) in [7, 11) is 1.28. The number of methoxy groups -OCH3 is 1. The molecule has 0 aromatic heterocycles. The molecule has 1 amide bonds. The molecule has 23 heavy (non-hydrogen) atoms. The van der Waals surface area contributed by atoms with Crippen LogP contribution in [0.3, 0.4) is 0 Å². The Hall–Kier alpha value is -1.17. The largest absolute Gasteiger partial charge is 0.464 e. The Bertz CT molecular complexity index is 389. The smallest absolute Gasteiger partial charge is 0.412 e. The van der Waals surface area contributed by atoms with Crippen LogP contribution < -0.4 is 5.32 Å². The Morgan fingerprint density at radius 2 is 1.70 bits per heavy atom. The Kier molecular flexibility index (Phi) is 11.7. The number of ether oxygens (including phenoxy) is 2. The fourth-order valence-corrected chi connectivity index (χ4v) is 2.57. The summed E-state index contributed by atoms with van der Waals surface area (Å²) in [6, 6.07) is 0. The van der Waals surface area contributed by atoms with Gasteiger partial charge in [0.2, 0.25) is 0 Å². The maximum absolute atomic E-state index is 11.7. The summed E-state index contributed by atoms with van der Waals surface area (Å²) >= 11 is 1.50. The van der Waals surface area contributed by atoms with E-state index in [0.29, 0.717) is 0 Å². The fourth-order valence-electron chi connectivity index (χ4n) is 1.76. The lowest BCUT2D eigenvalue weighted by Crippen LogP contribution is -2.34. The summed E-state index contributed by atoms with van der Waals surface area (Å²) in [5.74, 6) is 0.328. The Labute approximate surface area is 144 Å². The third kappa shape index (κ3) is 13.0. The van der Waals surface area contributed by atoms with Crippen molar-refractivity contribution in [2.45, 2.75) is 71.8 Å². The zero-order chi connectivity index (χ0) is 17.7. The molecule has 0 saturated heterocycles. The second-order valence-electron chi connectivity index (χ2n) is 6.29. The van der Waals surface area contributed by atoms with Gasteiger partial charge in [-0.3, -0.25) is 5.32 Å². The minimum Gasteiger partial charge on any atom is -0.464 e. The highest BCUT2D eigenvalue weighted by atomic mass is 32.2. The second kappa shape index (κ2) is 12.3. The number of carbonyl (C=O) groups is 2. The lowest BCUT2D eigenvalue weighted by Gasteiger charge is -2.20. The van der Waals surface area contributed by atoms with Crippen LogP contribution in [0.15, 0.2) is 11.1 Å². The molecule has 0 aliphatic heterocycles. The normalized spacial score (nSPS) is 12.0. The van der Waals surface area contributed by atoms with Crippen molar-refractivity contribution < 1.29 is 19.1 Å². The summed E-state index contributed by atoms with van der Waals surface area (Å²) in [6.45, 7) is 7.50. The summed E-state index contributed by atoms with van der Waals surface area (Å²) in [6.07, 6.45) is 6.69. The van der Waals surface area contributed by atoms with Crippen LogP contribution in [0.4, 0.5) is 4.79 Å². The van der Waals surface area contributed by atoms with Crippen LogP contribution in [-0.2, 0) is 14.3 Å². The number of unbranched alkanes of at least 4 members (excludes halogenated alkanes) is 5. The van der Waals surface area contributed by atoms with Gasteiger partial charge in [-0.05, 0) is 32.9 Å². The molecule has 0 aromatic rings. The number of esters is 1. The van der Waals surface area contributed by atoms with Gasteiger partial charge in [-0.1, -0.05) is 39.0 Å². The average molecular weight is 346 g/mol. The minimum atomic E-state index is -0.658. The molecule has 0 fully saturated rings. The van der Waals surface area contributed by atoms with Crippen molar-refractivity contribution in [1.29, 1.82) is 0 Å². The first-order chi connectivity index (χ1) is 10.8. The molecule has 0 aliphatic rings. The molecule has 1 N–H and O–H groups in total. The third-order valence-electron chi connectivity index (χ3n) is 2.86. The minimum absolute atomic E-state index is 0.109. The van der Waals surface area contributed by atoms with Gasteiger partial charge >= 0.3 is 12.1 Å². The maximum atomic E-state index is 11.7. The number of rotatable bonds is 10. The van der Waals surface area contributed by atoms with Crippen molar-refractivity contribution in [3.8, 4) is 0 Å². The number of nitrogens with one attached hydrogen (secondary N) is 1. The lowest BCUT2D eigenvalue weighted by atomic mass is 10.1. The number of hydrogen-bond donors (Lipinski definition) is 1. The molecule has 0 saturated carbocycles. The Balaban J connectivity index is 4.23. The number of carbonyl (C=O) groups excluding carboxylic acids is 2. The Morgan fingerprint density at radius 1 is 1.09 bits per heavy atom. The third-order valence-corrected chi connectivity index (χ3v) is 3.78. The van der Waals surface area contributed by atoms with Gasteiger partial charge in [-0.25, -0.2) is 9.59 Å². The molecule has 0 spiro atoms.